The molecule has 0 bridgehead atoms. The molecule has 0 aliphatic heterocycles. The minimum atomic E-state index is -0.473. The van der Waals surface area contributed by atoms with E-state index in [1.165, 1.54) is 6.08 Å². The smallest absolute Gasteiger partial charge is 0.332 e. The lowest BCUT2D eigenvalue weighted by Gasteiger charge is -2.04. The van der Waals surface area contributed by atoms with E-state index in [1.807, 2.05) is 52.0 Å². The second-order valence-corrected chi connectivity index (χ2v) is 4.06. The highest BCUT2D eigenvalue weighted by Crippen LogP contribution is 2.12. The van der Waals surface area contributed by atoms with Crippen LogP contribution >= 0.6 is 0 Å². The highest BCUT2D eigenvalue weighted by atomic mass is 16.5. The van der Waals surface area contributed by atoms with Gasteiger partial charge in [0.15, 0.2) is 0 Å². The van der Waals surface area contributed by atoms with Crippen LogP contribution in [0.3, 0.4) is 0 Å². The topological polar surface area (TPSA) is 50.1 Å². The van der Waals surface area contributed by atoms with Gasteiger partial charge in [-0.3, -0.25) is 0 Å². The fourth-order valence-electron chi connectivity index (χ4n) is 1.21. The van der Waals surface area contributed by atoms with E-state index in [2.05, 4.69) is 0 Å². The molecule has 19 heavy (non-hydrogen) atoms. The molecular weight excluding hydrogens is 238 g/mol. The van der Waals surface area contributed by atoms with Crippen LogP contribution in [0, 0.1) is 17.2 Å². The molecule has 0 saturated carbocycles. The van der Waals surface area contributed by atoms with Crippen molar-refractivity contribution in [3.05, 3.63) is 42.0 Å². The Morgan fingerprint density at radius 1 is 1.32 bits per heavy atom. The zero-order valence-corrected chi connectivity index (χ0v) is 12.0. The van der Waals surface area contributed by atoms with Crippen molar-refractivity contribution in [3.8, 4) is 6.07 Å². The van der Waals surface area contributed by atoms with Crippen molar-refractivity contribution >= 4 is 11.5 Å². The molecule has 102 valence electrons. The Labute approximate surface area is 115 Å². The Balaban J connectivity index is 0.00000154. The lowest BCUT2D eigenvalue weighted by molar-refractivity contribution is -0.138. The van der Waals surface area contributed by atoms with Crippen molar-refractivity contribution in [2.75, 3.05) is 6.61 Å². The standard InChI is InChI=1S/C14H15NO2.C2H6/c1-11(2)10-17-14(16)8-13(9-15)12-6-4-3-5-7-12;1-2/h3-8,11H,10H2,1-2H3;1-2H3. The van der Waals surface area contributed by atoms with Crippen LogP contribution in [0.25, 0.3) is 5.57 Å². The summed E-state index contributed by atoms with van der Waals surface area (Å²) in [5, 5.41) is 8.98. The van der Waals surface area contributed by atoms with Gasteiger partial charge in [-0.2, -0.15) is 5.26 Å². The van der Waals surface area contributed by atoms with Gasteiger partial charge < -0.3 is 4.74 Å². The zero-order chi connectivity index (χ0) is 14.7. The molecule has 0 amide bonds. The van der Waals surface area contributed by atoms with Crippen molar-refractivity contribution in [2.24, 2.45) is 5.92 Å². The summed E-state index contributed by atoms with van der Waals surface area (Å²) in [7, 11) is 0. The van der Waals surface area contributed by atoms with Gasteiger partial charge >= 0.3 is 5.97 Å². The van der Waals surface area contributed by atoms with Crippen LogP contribution in [0.4, 0.5) is 0 Å². The summed E-state index contributed by atoms with van der Waals surface area (Å²) in [4.78, 5) is 11.4. The molecule has 3 nitrogen and oxygen atoms in total. The first-order chi connectivity index (χ1) is 9.13. The molecule has 1 aromatic carbocycles. The number of benzene rings is 1. The van der Waals surface area contributed by atoms with Crippen LogP contribution in [-0.2, 0) is 9.53 Å². The van der Waals surface area contributed by atoms with Gasteiger partial charge in [0.2, 0.25) is 0 Å². The Bertz CT molecular complexity index is 442. The SMILES string of the molecule is CC.CC(C)COC(=O)C=C(C#N)c1ccccc1. The molecule has 0 saturated heterocycles. The summed E-state index contributed by atoms with van der Waals surface area (Å²) in [5.41, 5.74) is 1.04. The quantitative estimate of drug-likeness (QED) is 0.469. The minimum Gasteiger partial charge on any atom is -0.462 e. The number of nitrogens with zero attached hydrogens (tertiary/aromatic N) is 1. The Morgan fingerprint density at radius 3 is 2.37 bits per heavy atom. The Hall–Kier alpha value is -2.08. The van der Waals surface area contributed by atoms with Crippen molar-refractivity contribution in [1.29, 1.82) is 5.26 Å². The van der Waals surface area contributed by atoms with Crippen molar-refractivity contribution < 1.29 is 9.53 Å². The average molecular weight is 259 g/mol. The first kappa shape index (κ1) is 16.9. The van der Waals surface area contributed by atoms with E-state index in [4.69, 9.17) is 10.00 Å². The van der Waals surface area contributed by atoms with Gasteiger partial charge in [-0.05, 0) is 11.5 Å². The van der Waals surface area contributed by atoms with E-state index in [0.717, 1.165) is 5.56 Å². The predicted octanol–water partition coefficient (Wildman–Crippen LogP) is 3.82. The lowest BCUT2D eigenvalue weighted by Crippen LogP contribution is -2.07. The second-order valence-electron chi connectivity index (χ2n) is 4.06. The summed E-state index contributed by atoms with van der Waals surface area (Å²) < 4.78 is 4.99. The number of ether oxygens (including phenoxy) is 1. The summed E-state index contributed by atoms with van der Waals surface area (Å²) in [6.07, 6.45) is 1.23. The number of hydrogen-bond donors (Lipinski definition) is 0. The molecule has 0 fully saturated rings. The highest BCUT2D eigenvalue weighted by molar-refractivity contribution is 5.95. The van der Waals surface area contributed by atoms with E-state index >= 15 is 0 Å². The fraction of sp³-hybridized carbons (Fsp3) is 0.375. The number of rotatable bonds is 4. The summed E-state index contributed by atoms with van der Waals surface area (Å²) in [6, 6.07) is 11.1. The number of nitriles is 1. The second kappa shape index (κ2) is 9.90. The molecule has 0 radical (unpaired) electrons. The van der Waals surface area contributed by atoms with Crippen LogP contribution in [0.5, 0.6) is 0 Å². The molecule has 0 spiro atoms. The Kier molecular flexibility index (Phi) is 8.82. The van der Waals surface area contributed by atoms with Gasteiger partial charge in [0.1, 0.15) is 6.07 Å². The summed E-state index contributed by atoms with van der Waals surface area (Å²) in [6.45, 7) is 8.28. The number of carbonyl (C=O) groups excluding carboxylic acids is 1. The van der Waals surface area contributed by atoms with Crippen LogP contribution in [-0.4, -0.2) is 12.6 Å². The van der Waals surface area contributed by atoms with E-state index < -0.39 is 5.97 Å². The van der Waals surface area contributed by atoms with E-state index in [-0.39, 0.29) is 5.92 Å². The van der Waals surface area contributed by atoms with Crippen molar-refractivity contribution in [3.63, 3.8) is 0 Å². The maximum absolute atomic E-state index is 11.4. The third-order valence-corrected chi connectivity index (χ3v) is 2.03. The van der Waals surface area contributed by atoms with Gasteiger partial charge in [0.05, 0.1) is 12.2 Å². The van der Waals surface area contributed by atoms with Gasteiger partial charge in [0, 0.05) is 6.08 Å². The van der Waals surface area contributed by atoms with Crippen LogP contribution in [0.15, 0.2) is 36.4 Å². The van der Waals surface area contributed by atoms with Crippen LogP contribution < -0.4 is 0 Å². The maximum Gasteiger partial charge on any atom is 0.332 e. The number of hydrogen-bond acceptors (Lipinski definition) is 3. The largest absolute Gasteiger partial charge is 0.462 e. The van der Waals surface area contributed by atoms with Gasteiger partial charge in [-0.25, -0.2) is 4.79 Å². The molecule has 0 aliphatic rings. The van der Waals surface area contributed by atoms with Crippen LogP contribution in [0.1, 0.15) is 33.3 Å². The van der Waals surface area contributed by atoms with Gasteiger partial charge in [-0.1, -0.05) is 58.0 Å². The van der Waals surface area contributed by atoms with Gasteiger partial charge in [-0.15, -0.1) is 0 Å². The summed E-state index contributed by atoms with van der Waals surface area (Å²) in [5.74, 6) is -0.186. The molecule has 0 atom stereocenters. The monoisotopic (exact) mass is 259 g/mol. The summed E-state index contributed by atoms with van der Waals surface area (Å²) >= 11 is 0. The van der Waals surface area contributed by atoms with Crippen molar-refractivity contribution in [1.82, 2.24) is 0 Å². The van der Waals surface area contributed by atoms with Crippen molar-refractivity contribution in [2.45, 2.75) is 27.7 Å². The molecule has 0 aromatic heterocycles. The van der Waals surface area contributed by atoms with Crippen LogP contribution in [0.2, 0.25) is 0 Å². The molecule has 0 unspecified atom stereocenters. The lowest BCUT2D eigenvalue weighted by atomic mass is 10.1. The average Bonchev–Trinajstić information content (AvgIpc) is 2.45. The first-order valence-electron chi connectivity index (χ1n) is 6.47. The molecular formula is C16H21NO2. The number of carbonyl (C=O) groups is 1. The zero-order valence-electron chi connectivity index (χ0n) is 12.0. The Morgan fingerprint density at radius 2 is 1.89 bits per heavy atom. The third kappa shape index (κ3) is 7.05. The number of esters is 1. The molecule has 0 heterocycles. The number of allylic oxidation sites excluding steroid dienone is 1. The third-order valence-electron chi connectivity index (χ3n) is 2.03. The highest BCUT2D eigenvalue weighted by Gasteiger charge is 2.05. The maximum atomic E-state index is 11.4. The minimum absolute atomic E-state index is 0.287. The molecule has 3 heteroatoms. The molecule has 0 N–H and O–H groups in total. The van der Waals surface area contributed by atoms with E-state index in [9.17, 15) is 4.79 Å². The van der Waals surface area contributed by atoms with Gasteiger partial charge in [0.25, 0.3) is 0 Å². The first-order valence-corrected chi connectivity index (χ1v) is 6.47. The normalized spacial score (nSPS) is 10.2. The predicted molar refractivity (Wildman–Crippen MR) is 77.2 cm³/mol. The molecule has 0 aliphatic carbocycles. The van der Waals surface area contributed by atoms with E-state index in [0.29, 0.717) is 12.2 Å². The van der Waals surface area contributed by atoms with E-state index in [1.54, 1.807) is 12.1 Å². The molecule has 1 aromatic rings. The molecule has 1 rings (SSSR count). The fourth-order valence-corrected chi connectivity index (χ4v) is 1.21.